The number of anilines is 1. The van der Waals surface area contributed by atoms with Crippen LogP contribution < -0.4 is 5.32 Å². The van der Waals surface area contributed by atoms with Gasteiger partial charge in [0.2, 0.25) is 0 Å². The number of hydrogen-bond donors (Lipinski definition) is 1. The molecule has 3 rings (SSSR count). The Morgan fingerprint density at radius 1 is 1.16 bits per heavy atom. The number of morpholine rings is 1. The minimum absolute atomic E-state index is 0.0979. The summed E-state index contributed by atoms with van der Waals surface area (Å²) in [6, 6.07) is 4.41. The molecule has 138 valence electrons. The third kappa shape index (κ3) is 4.10. The van der Waals surface area contributed by atoms with E-state index in [4.69, 9.17) is 9.84 Å². The molecule has 1 N–H and O–H groups in total. The number of aromatic nitrogens is 4. The Labute approximate surface area is 149 Å². The van der Waals surface area contributed by atoms with E-state index in [2.05, 4.69) is 55.0 Å². The summed E-state index contributed by atoms with van der Waals surface area (Å²) < 4.78 is 7.33. The average molecular weight is 346 g/mol. The summed E-state index contributed by atoms with van der Waals surface area (Å²) in [6.45, 7) is 15.4. The lowest BCUT2D eigenvalue weighted by Gasteiger charge is -2.37. The summed E-state index contributed by atoms with van der Waals surface area (Å²) in [7, 11) is 0. The highest BCUT2D eigenvalue weighted by molar-refractivity contribution is 5.44. The fourth-order valence-electron chi connectivity index (χ4n) is 3.26. The molecule has 3 heterocycles. The average Bonchev–Trinajstić information content (AvgIpc) is 2.99. The van der Waals surface area contributed by atoms with Crippen molar-refractivity contribution in [1.29, 1.82) is 0 Å². The molecule has 0 aliphatic carbocycles. The first-order chi connectivity index (χ1) is 11.9. The first kappa shape index (κ1) is 18.1. The highest BCUT2D eigenvalue weighted by Gasteiger charge is 2.24. The third-order valence-corrected chi connectivity index (χ3v) is 4.71. The maximum Gasteiger partial charge on any atom is 0.178 e. The molecule has 0 aromatic carbocycles. The zero-order valence-corrected chi connectivity index (χ0v) is 16.0. The lowest BCUT2D eigenvalue weighted by molar-refractivity contribution is 0.00953. The molecule has 2 aromatic heterocycles. The number of nitrogens with one attached hydrogen (secondary N) is 1. The molecule has 0 amide bonds. The minimum atomic E-state index is -0.0979. The van der Waals surface area contributed by atoms with Gasteiger partial charge in [0.25, 0.3) is 0 Å². The lowest BCUT2D eigenvalue weighted by Crippen LogP contribution is -2.49. The van der Waals surface area contributed by atoms with Gasteiger partial charge in [0, 0.05) is 31.1 Å². The van der Waals surface area contributed by atoms with Gasteiger partial charge in [-0.15, -0.1) is 15.3 Å². The van der Waals surface area contributed by atoms with Crippen LogP contribution in [0.3, 0.4) is 0 Å². The van der Waals surface area contributed by atoms with Crippen LogP contribution in [-0.4, -0.2) is 63.6 Å². The zero-order chi connectivity index (χ0) is 18.0. The number of rotatable bonds is 5. The predicted molar refractivity (Wildman–Crippen MR) is 99.0 cm³/mol. The molecule has 1 unspecified atom stereocenters. The molecular formula is C18H30N6O. The summed E-state index contributed by atoms with van der Waals surface area (Å²) in [4.78, 5) is 2.51. The van der Waals surface area contributed by atoms with Crippen molar-refractivity contribution in [3.8, 4) is 0 Å². The van der Waals surface area contributed by atoms with Crippen LogP contribution >= 0.6 is 0 Å². The number of hydrogen-bond acceptors (Lipinski definition) is 6. The van der Waals surface area contributed by atoms with Gasteiger partial charge in [0.1, 0.15) is 5.82 Å². The molecule has 1 atom stereocenters. The van der Waals surface area contributed by atoms with Crippen LogP contribution in [0.4, 0.5) is 5.82 Å². The van der Waals surface area contributed by atoms with Gasteiger partial charge in [-0.05, 0) is 18.1 Å². The van der Waals surface area contributed by atoms with E-state index in [0.717, 1.165) is 50.1 Å². The Balaban J connectivity index is 1.75. The number of ether oxygens (including phenoxy) is 1. The SMILES string of the molecule is CC(C)C(CNc1ccc2nnc(C(C)(C)C)n2n1)N1CCOCC1. The van der Waals surface area contributed by atoms with Crippen LogP contribution in [-0.2, 0) is 10.2 Å². The third-order valence-electron chi connectivity index (χ3n) is 4.71. The van der Waals surface area contributed by atoms with Crippen LogP contribution in [0.25, 0.3) is 5.65 Å². The Bertz CT molecular complexity index is 699. The van der Waals surface area contributed by atoms with Gasteiger partial charge >= 0.3 is 0 Å². The normalized spacial score (nSPS) is 18.0. The van der Waals surface area contributed by atoms with E-state index < -0.39 is 0 Å². The van der Waals surface area contributed by atoms with Gasteiger partial charge in [-0.25, -0.2) is 0 Å². The molecule has 1 aliphatic rings. The summed E-state index contributed by atoms with van der Waals surface area (Å²) >= 11 is 0. The molecule has 0 bridgehead atoms. The first-order valence-electron chi connectivity index (χ1n) is 9.15. The van der Waals surface area contributed by atoms with E-state index in [1.165, 1.54) is 0 Å². The Kier molecular flexibility index (Phi) is 5.24. The van der Waals surface area contributed by atoms with Crippen molar-refractivity contribution in [2.24, 2.45) is 5.92 Å². The van der Waals surface area contributed by atoms with Crippen LogP contribution in [0.5, 0.6) is 0 Å². The van der Waals surface area contributed by atoms with Crippen LogP contribution in [0.15, 0.2) is 12.1 Å². The van der Waals surface area contributed by atoms with Crippen molar-refractivity contribution in [2.75, 3.05) is 38.2 Å². The van der Waals surface area contributed by atoms with E-state index in [1.54, 1.807) is 0 Å². The second-order valence-electron chi connectivity index (χ2n) is 8.10. The largest absolute Gasteiger partial charge is 0.379 e. The van der Waals surface area contributed by atoms with Gasteiger partial charge in [-0.2, -0.15) is 4.52 Å². The summed E-state index contributed by atoms with van der Waals surface area (Å²) in [6.07, 6.45) is 0. The van der Waals surface area contributed by atoms with E-state index >= 15 is 0 Å². The van der Waals surface area contributed by atoms with Gasteiger partial charge < -0.3 is 10.1 Å². The molecule has 1 saturated heterocycles. The molecule has 1 fully saturated rings. The maximum absolute atomic E-state index is 5.49. The van der Waals surface area contributed by atoms with Gasteiger partial charge in [0.15, 0.2) is 11.5 Å². The van der Waals surface area contributed by atoms with Crippen molar-refractivity contribution >= 4 is 11.5 Å². The van der Waals surface area contributed by atoms with Crippen LogP contribution in [0.1, 0.15) is 40.4 Å². The summed E-state index contributed by atoms with van der Waals surface area (Å²) in [5.41, 5.74) is 0.684. The molecule has 2 aromatic rings. The Hall–Kier alpha value is -1.73. The van der Waals surface area contributed by atoms with Gasteiger partial charge in [-0.3, -0.25) is 4.90 Å². The second kappa shape index (κ2) is 7.25. The van der Waals surface area contributed by atoms with Crippen LogP contribution in [0.2, 0.25) is 0 Å². The smallest absolute Gasteiger partial charge is 0.178 e. The van der Waals surface area contributed by atoms with E-state index in [9.17, 15) is 0 Å². The second-order valence-corrected chi connectivity index (χ2v) is 8.10. The quantitative estimate of drug-likeness (QED) is 0.895. The molecule has 0 spiro atoms. The van der Waals surface area contributed by atoms with Crippen molar-refractivity contribution < 1.29 is 4.74 Å². The zero-order valence-electron chi connectivity index (χ0n) is 16.0. The molecule has 0 saturated carbocycles. The molecule has 0 radical (unpaired) electrons. The van der Waals surface area contributed by atoms with Gasteiger partial charge in [-0.1, -0.05) is 34.6 Å². The Morgan fingerprint density at radius 2 is 1.88 bits per heavy atom. The first-order valence-corrected chi connectivity index (χ1v) is 9.15. The van der Waals surface area contributed by atoms with E-state index in [-0.39, 0.29) is 5.41 Å². The monoisotopic (exact) mass is 346 g/mol. The predicted octanol–water partition coefficient (Wildman–Crippen LogP) is 2.19. The highest BCUT2D eigenvalue weighted by atomic mass is 16.5. The van der Waals surface area contributed by atoms with Crippen molar-refractivity contribution in [3.05, 3.63) is 18.0 Å². The lowest BCUT2D eigenvalue weighted by atomic mass is 9.96. The van der Waals surface area contributed by atoms with Crippen molar-refractivity contribution in [3.63, 3.8) is 0 Å². The fraction of sp³-hybridized carbons (Fsp3) is 0.722. The molecule has 25 heavy (non-hydrogen) atoms. The molecular weight excluding hydrogens is 316 g/mol. The fourth-order valence-corrected chi connectivity index (χ4v) is 3.26. The molecule has 7 heteroatoms. The Morgan fingerprint density at radius 3 is 2.52 bits per heavy atom. The number of fused-ring (bicyclic) bond motifs is 1. The van der Waals surface area contributed by atoms with Crippen molar-refractivity contribution in [2.45, 2.75) is 46.1 Å². The number of nitrogens with zero attached hydrogens (tertiary/aromatic N) is 5. The topological polar surface area (TPSA) is 67.6 Å². The summed E-state index contributed by atoms with van der Waals surface area (Å²) in [5, 5.41) is 16.8. The van der Waals surface area contributed by atoms with Gasteiger partial charge in [0.05, 0.1) is 13.2 Å². The van der Waals surface area contributed by atoms with Crippen LogP contribution in [0, 0.1) is 5.92 Å². The molecule has 1 aliphatic heterocycles. The van der Waals surface area contributed by atoms with Crippen molar-refractivity contribution in [1.82, 2.24) is 24.7 Å². The van der Waals surface area contributed by atoms with E-state index in [0.29, 0.717) is 12.0 Å². The minimum Gasteiger partial charge on any atom is -0.379 e. The maximum atomic E-state index is 5.49. The standard InChI is InChI=1S/C18H30N6O/c1-13(2)14(23-8-10-25-11-9-23)12-19-15-6-7-16-20-21-17(18(3,4)5)24(16)22-15/h6-7,13-14H,8-12H2,1-5H3,(H,19,22). The highest BCUT2D eigenvalue weighted by Crippen LogP contribution is 2.21. The summed E-state index contributed by atoms with van der Waals surface area (Å²) in [5.74, 6) is 2.30. The van der Waals surface area contributed by atoms with E-state index in [1.807, 2.05) is 16.6 Å². The molecule has 7 nitrogen and oxygen atoms in total.